The molecule has 6 nitrogen and oxygen atoms in total. The summed E-state index contributed by atoms with van der Waals surface area (Å²) in [5.74, 6) is 0.0615. The molecule has 0 saturated carbocycles. The molecule has 0 aliphatic carbocycles. The van der Waals surface area contributed by atoms with Crippen molar-refractivity contribution < 1.29 is 9.59 Å². The van der Waals surface area contributed by atoms with Gasteiger partial charge in [0.2, 0.25) is 0 Å². The number of nitrogens with zero attached hydrogens (tertiary/aromatic N) is 3. The number of urea groups is 1. The van der Waals surface area contributed by atoms with Crippen molar-refractivity contribution in [1.29, 1.82) is 0 Å². The summed E-state index contributed by atoms with van der Waals surface area (Å²) in [5.41, 5.74) is 1.05. The molecule has 0 spiro atoms. The first-order valence-corrected chi connectivity index (χ1v) is 9.71. The monoisotopic (exact) mass is 372 g/mol. The summed E-state index contributed by atoms with van der Waals surface area (Å²) in [6.07, 6.45) is 4.29. The van der Waals surface area contributed by atoms with E-state index in [1.165, 1.54) is 11.3 Å². The fraction of sp³-hybridized carbons (Fsp3) is 0.421. The maximum Gasteiger partial charge on any atom is 0.318 e. The Labute approximate surface area is 157 Å². The molecule has 0 radical (unpaired) electrons. The zero-order valence-electron chi connectivity index (χ0n) is 15.1. The molecule has 2 aromatic rings. The van der Waals surface area contributed by atoms with Crippen molar-refractivity contribution >= 4 is 23.3 Å². The van der Waals surface area contributed by atoms with E-state index >= 15 is 0 Å². The van der Waals surface area contributed by atoms with E-state index in [4.69, 9.17) is 0 Å². The van der Waals surface area contributed by atoms with Crippen molar-refractivity contribution in [2.45, 2.75) is 26.3 Å². The van der Waals surface area contributed by atoms with Gasteiger partial charge in [-0.15, -0.1) is 11.3 Å². The number of aromatic nitrogens is 1. The second kappa shape index (κ2) is 8.31. The van der Waals surface area contributed by atoms with Crippen LogP contribution in [-0.2, 0) is 0 Å². The van der Waals surface area contributed by atoms with Crippen LogP contribution < -0.4 is 5.32 Å². The zero-order chi connectivity index (χ0) is 18.5. The number of carbonyl (C=O) groups excluding carboxylic acids is 2. The van der Waals surface area contributed by atoms with Crippen LogP contribution in [0.15, 0.2) is 36.7 Å². The molecule has 1 N–H and O–H groups in total. The van der Waals surface area contributed by atoms with E-state index < -0.39 is 0 Å². The molecule has 3 amide bonds. The van der Waals surface area contributed by atoms with Crippen LogP contribution >= 0.6 is 11.3 Å². The Balaban J connectivity index is 1.54. The molecule has 1 saturated heterocycles. The maximum absolute atomic E-state index is 12.6. The molecule has 26 heavy (non-hydrogen) atoms. The minimum Gasteiger partial charge on any atom is -0.334 e. The van der Waals surface area contributed by atoms with Crippen LogP contribution in [0.3, 0.4) is 0 Å². The van der Waals surface area contributed by atoms with Gasteiger partial charge in [0.05, 0.1) is 10.9 Å². The van der Waals surface area contributed by atoms with E-state index in [1.54, 1.807) is 17.3 Å². The van der Waals surface area contributed by atoms with Crippen LogP contribution in [0, 0.1) is 6.92 Å². The number of pyridine rings is 1. The molecule has 138 valence electrons. The summed E-state index contributed by atoms with van der Waals surface area (Å²) in [6, 6.07) is 7.59. The van der Waals surface area contributed by atoms with Crippen LogP contribution in [0.1, 0.15) is 39.5 Å². The number of aryl methyl sites for hydroxylation is 1. The van der Waals surface area contributed by atoms with Gasteiger partial charge in [-0.3, -0.25) is 9.78 Å². The Morgan fingerprint density at radius 1 is 1.12 bits per heavy atom. The highest BCUT2D eigenvalue weighted by atomic mass is 32.1. The molecule has 3 heterocycles. The summed E-state index contributed by atoms with van der Waals surface area (Å²) < 4.78 is 0. The molecule has 1 atom stereocenters. The van der Waals surface area contributed by atoms with Crippen molar-refractivity contribution in [3.05, 3.63) is 52.0 Å². The fourth-order valence-electron chi connectivity index (χ4n) is 3.08. The van der Waals surface area contributed by atoms with Crippen molar-refractivity contribution in [3.8, 4) is 0 Å². The van der Waals surface area contributed by atoms with Gasteiger partial charge in [-0.25, -0.2) is 4.79 Å². The van der Waals surface area contributed by atoms with Gasteiger partial charge < -0.3 is 15.1 Å². The quantitative estimate of drug-likeness (QED) is 0.897. The predicted molar refractivity (Wildman–Crippen MR) is 102 cm³/mol. The summed E-state index contributed by atoms with van der Waals surface area (Å²) in [6.45, 7) is 6.27. The minimum atomic E-state index is -0.0762. The van der Waals surface area contributed by atoms with E-state index in [1.807, 2.05) is 43.0 Å². The Kier molecular flexibility index (Phi) is 5.88. The first-order valence-electron chi connectivity index (χ1n) is 8.89. The molecule has 0 aromatic carbocycles. The Morgan fingerprint density at radius 2 is 1.77 bits per heavy atom. The minimum absolute atomic E-state index is 0.0285. The van der Waals surface area contributed by atoms with E-state index in [0.717, 1.165) is 21.7 Å². The van der Waals surface area contributed by atoms with Crippen molar-refractivity contribution in [3.63, 3.8) is 0 Å². The third-order valence-corrected chi connectivity index (χ3v) is 5.61. The third-order valence-electron chi connectivity index (χ3n) is 4.62. The Morgan fingerprint density at radius 3 is 2.35 bits per heavy atom. The first kappa shape index (κ1) is 18.4. The molecule has 0 bridgehead atoms. The topological polar surface area (TPSA) is 65.5 Å². The second-order valence-corrected chi connectivity index (χ2v) is 7.67. The smallest absolute Gasteiger partial charge is 0.318 e. The molecular weight excluding hydrogens is 348 g/mol. The fourth-order valence-corrected chi connectivity index (χ4v) is 3.91. The lowest BCUT2D eigenvalue weighted by atomic mass is 10.1. The van der Waals surface area contributed by atoms with E-state index in [2.05, 4.69) is 10.3 Å². The molecule has 1 fully saturated rings. The van der Waals surface area contributed by atoms with Gasteiger partial charge >= 0.3 is 6.03 Å². The normalized spacial score (nSPS) is 15.6. The van der Waals surface area contributed by atoms with E-state index in [9.17, 15) is 9.59 Å². The number of thiophene rings is 1. The molecule has 1 unspecified atom stereocenters. The number of carbonyl (C=O) groups is 2. The molecular formula is C19H24N4O2S. The summed E-state index contributed by atoms with van der Waals surface area (Å²) in [5, 5.41) is 3.09. The zero-order valence-corrected chi connectivity index (χ0v) is 16.0. The van der Waals surface area contributed by atoms with Gasteiger partial charge in [-0.05, 0) is 43.2 Å². The van der Waals surface area contributed by atoms with Gasteiger partial charge in [0.1, 0.15) is 0 Å². The number of piperazine rings is 1. The predicted octanol–water partition coefficient (Wildman–Crippen LogP) is 3.07. The molecule has 1 aliphatic heterocycles. The van der Waals surface area contributed by atoms with Crippen LogP contribution in [0.4, 0.5) is 4.79 Å². The van der Waals surface area contributed by atoms with Crippen LogP contribution in [0.2, 0.25) is 0 Å². The highest BCUT2D eigenvalue weighted by molar-refractivity contribution is 7.13. The summed E-state index contributed by atoms with van der Waals surface area (Å²) >= 11 is 1.52. The lowest BCUT2D eigenvalue weighted by Gasteiger charge is -2.35. The maximum atomic E-state index is 12.6. The lowest BCUT2D eigenvalue weighted by Crippen LogP contribution is -2.53. The Hall–Kier alpha value is -2.41. The third kappa shape index (κ3) is 4.22. The average Bonchev–Trinajstić information content (AvgIpc) is 3.12. The average molecular weight is 372 g/mol. The van der Waals surface area contributed by atoms with E-state index in [-0.39, 0.29) is 18.0 Å². The summed E-state index contributed by atoms with van der Waals surface area (Å²) in [7, 11) is 0. The molecule has 7 heteroatoms. The molecule has 1 aliphatic rings. The second-order valence-electron chi connectivity index (χ2n) is 6.38. The lowest BCUT2D eigenvalue weighted by molar-refractivity contribution is 0.0668. The van der Waals surface area contributed by atoms with E-state index in [0.29, 0.717) is 26.2 Å². The first-order chi connectivity index (χ1) is 12.6. The number of hydrogen-bond donors (Lipinski definition) is 1. The number of nitrogens with one attached hydrogen (secondary N) is 1. The van der Waals surface area contributed by atoms with Gasteiger partial charge in [0, 0.05) is 43.4 Å². The number of hydrogen-bond acceptors (Lipinski definition) is 4. The van der Waals surface area contributed by atoms with Gasteiger partial charge in [0.15, 0.2) is 0 Å². The van der Waals surface area contributed by atoms with Gasteiger partial charge in [-0.1, -0.05) is 6.92 Å². The van der Waals surface area contributed by atoms with Crippen LogP contribution in [0.25, 0.3) is 0 Å². The summed E-state index contributed by atoms with van der Waals surface area (Å²) in [4.78, 5) is 34.6. The largest absolute Gasteiger partial charge is 0.334 e. The van der Waals surface area contributed by atoms with Crippen molar-refractivity contribution in [1.82, 2.24) is 20.1 Å². The van der Waals surface area contributed by atoms with Crippen molar-refractivity contribution in [2.75, 3.05) is 26.2 Å². The van der Waals surface area contributed by atoms with Gasteiger partial charge in [0.25, 0.3) is 5.91 Å². The van der Waals surface area contributed by atoms with Crippen molar-refractivity contribution in [2.24, 2.45) is 0 Å². The SMILES string of the molecule is CCC(NC(=O)N1CCN(C(=O)c2ccc(C)s2)CC1)c1ccncc1. The van der Waals surface area contributed by atoms with Crippen LogP contribution in [-0.4, -0.2) is 52.9 Å². The highest BCUT2D eigenvalue weighted by Crippen LogP contribution is 2.19. The number of amides is 3. The van der Waals surface area contributed by atoms with Crippen LogP contribution in [0.5, 0.6) is 0 Å². The molecule has 3 rings (SSSR count). The highest BCUT2D eigenvalue weighted by Gasteiger charge is 2.26. The standard InChI is InChI=1S/C19H24N4O2S/c1-3-16(15-6-8-20-9-7-15)21-19(25)23-12-10-22(11-13-23)18(24)17-5-4-14(2)26-17/h4-9,16H,3,10-13H2,1-2H3,(H,21,25). The Bertz CT molecular complexity index is 754. The van der Waals surface area contributed by atoms with Gasteiger partial charge in [-0.2, -0.15) is 0 Å². The number of rotatable bonds is 4. The molecule has 2 aromatic heterocycles.